The van der Waals surface area contributed by atoms with E-state index in [9.17, 15) is 14.4 Å². The van der Waals surface area contributed by atoms with Crippen LogP contribution in [0.5, 0.6) is 0 Å². The number of aromatic nitrogens is 4. The monoisotopic (exact) mass is 1100 g/mol. The molecule has 1 amide bonds. The second-order valence-corrected chi connectivity index (χ2v) is 29.1. The van der Waals surface area contributed by atoms with Crippen LogP contribution in [0, 0.1) is 0 Å². The van der Waals surface area contributed by atoms with Gasteiger partial charge in [0.2, 0.25) is 0 Å². The number of amides is 1. The summed E-state index contributed by atoms with van der Waals surface area (Å²) in [6, 6.07) is 37.5. The number of hydrogen-bond donors (Lipinski definition) is 3. The molecular weight excluding hydrogens is 1020 g/mol. The Morgan fingerprint density at radius 3 is 0.940 bits per heavy atom. The minimum absolute atomic E-state index is 0.136. The summed E-state index contributed by atoms with van der Waals surface area (Å²) in [7, 11) is 0. The number of nitrogens with one attached hydrogen (secondary N) is 3. The third kappa shape index (κ3) is 11.9. The molecule has 0 radical (unpaired) electrons. The number of nitrogens with zero attached hydrogens (tertiary/aromatic N) is 2. The average molecular weight is 1100 g/mol. The van der Waals surface area contributed by atoms with Gasteiger partial charge in [-0.1, -0.05) is 191 Å². The zero-order valence-corrected chi connectivity index (χ0v) is 52.0. The van der Waals surface area contributed by atoms with Crippen molar-refractivity contribution >= 4 is 69.5 Å². The molecule has 424 valence electrons. The topological polar surface area (TPSA) is 121 Å². The number of anilines is 1. The highest BCUT2D eigenvalue weighted by Crippen LogP contribution is 2.44. The van der Waals surface area contributed by atoms with Crippen molar-refractivity contribution in [1.82, 2.24) is 19.9 Å². The van der Waals surface area contributed by atoms with E-state index in [1.807, 2.05) is 24.3 Å². The maximum absolute atomic E-state index is 13.4. The second-order valence-electron chi connectivity index (χ2n) is 29.1. The van der Waals surface area contributed by atoms with Crippen molar-refractivity contribution in [1.29, 1.82) is 0 Å². The highest BCUT2D eigenvalue weighted by atomic mass is 16.2. The van der Waals surface area contributed by atoms with E-state index >= 15 is 0 Å². The van der Waals surface area contributed by atoms with Gasteiger partial charge in [-0.15, -0.1) is 0 Å². The van der Waals surface area contributed by atoms with E-state index < -0.39 is 17.5 Å². The van der Waals surface area contributed by atoms with Gasteiger partial charge in [-0.05, 0) is 161 Å². The molecule has 83 heavy (non-hydrogen) atoms. The number of allylic oxidation sites excluding steroid dienone is 3. The Morgan fingerprint density at radius 2 is 0.651 bits per heavy atom. The van der Waals surface area contributed by atoms with E-state index in [2.05, 4.69) is 243 Å². The number of benzene rings is 4. The fourth-order valence-corrected chi connectivity index (χ4v) is 10.9. The summed E-state index contributed by atoms with van der Waals surface area (Å²) in [5.41, 5.74) is 21.4. The van der Waals surface area contributed by atoms with Gasteiger partial charge in [0.05, 0.1) is 28.3 Å². The number of H-pyrrole nitrogens is 2. The number of ketones is 2. The van der Waals surface area contributed by atoms with Crippen molar-refractivity contribution in [2.75, 3.05) is 5.32 Å². The summed E-state index contributed by atoms with van der Waals surface area (Å²) in [6.45, 7) is 41.0. The Hall–Kier alpha value is -8.23. The minimum Gasteiger partial charge on any atom is -0.354 e. The van der Waals surface area contributed by atoms with Crippen molar-refractivity contribution in [3.8, 4) is 44.5 Å². The van der Waals surface area contributed by atoms with Crippen molar-refractivity contribution < 1.29 is 14.4 Å². The minimum atomic E-state index is -0.648. The number of aromatic amines is 2. The molecule has 4 aromatic carbocycles. The third-order valence-corrected chi connectivity index (χ3v) is 16.2. The maximum atomic E-state index is 13.4. The Kier molecular flexibility index (Phi) is 14.4. The van der Waals surface area contributed by atoms with Crippen molar-refractivity contribution in [3.05, 3.63) is 183 Å². The molecule has 7 aromatic rings. The van der Waals surface area contributed by atoms with Crippen molar-refractivity contribution in [3.63, 3.8) is 0 Å². The van der Waals surface area contributed by atoms with Gasteiger partial charge in [0.1, 0.15) is 0 Å². The van der Waals surface area contributed by atoms with E-state index in [0.29, 0.717) is 5.69 Å². The van der Waals surface area contributed by atoms with Crippen LogP contribution in [0.1, 0.15) is 181 Å². The van der Waals surface area contributed by atoms with Crippen LogP contribution in [0.25, 0.3) is 90.9 Å². The molecule has 0 fully saturated rings. The quantitative estimate of drug-likeness (QED) is 0.113. The Bertz CT molecular complexity index is 3970. The van der Waals surface area contributed by atoms with Crippen LogP contribution in [0.15, 0.2) is 127 Å². The Morgan fingerprint density at radius 1 is 0.361 bits per heavy atom. The van der Waals surface area contributed by atoms with Crippen LogP contribution >= 0.6 is 0 Å². The highest BCUT2D eigenvalue weighted by Gasteiger charge is 2.29. The standard InChI is InChI=1S/C75H81N5O3/c1-70(2,3)47-33-44(34-48(39-47)71(4,5)6)66-58-26-24-56(77-58)65(43-19-21-53(22-20-43)76-69(83)55-42-54(81)23-32-64(55)82)57-25-27-59(78-57)67(45-35-49(72(7,8)9)40-50(36-45)73(10,11)12)61-29-31-63(80-61)68(62-30-28-60(66)79-62)46-37-51(74(13,14)15)41-52(38-46)75(16,17)18/h19-42,77,80H,1-18H3,(H,76,83). The lowest BCUT2D eigenvalue weighted by Gasteiger charge is -2.26. The zero-order valence-electron chi connectivity index (χ0n) is 52.0. The Balaban J connectivity index is 1.36. The van der Waals surface area contributed by atoms with Crippen LogP contribution in [-0.2, 0) is 46.9 Å². The van der Waals surface area contributed by atoms with E-state index in [0.717, 1.165) is 102 Å². The van der Waals surface area contributed by atoms with Gasteiger partial charge in [-0.3, -0.25) is 14.4 Å². The van der Waals surface area contributed by atoms with Crippen LogP contribution in [0.3, 0.4) is 0 Å². The smallest absolute Gasteiger partial charge is 0.259 e. The molecule has 1 aliphatic carbocycles. The van der Waals surface area contributed by atoms with E-state index in [4.69, 9.17) is 9.97 Å². The van der Waals surface area contributed by atoms with Gasteiger partial charge in [0.25, 0.3) is 5.91 Å². The van der Waals surface area contributed by atoms with Crippen molar-refractivity contribution in [2.45, 2.75) is 157 Å². The van der Waals surface area contributed by atoms with Gasteiger partial charge in [-0.25, -0.2) is 9.97 Å². The fourth-order valence-electron chi connectivity index (χ4n) is 10.9. The van der Waals surface area contributed by atoms with Crippen LogP contribution < -0.4 is 5.32 Å². The third-order valence-electron chi connectivity index (χ3n) is 16.2. The molecule has 10 rings (SSSR count). The predicted molar refractivity (Wildman–Crippen MR) is 349 cm³/mol. The number of fused-ring (bicyclic) bond motifs is 8. The number of carbonyl (C=O) groups is 3. The molecule has 3 aromatic heterocycles. The largest absolute Gasteiger partial charge is 0.354 e. The first-order valence-corrected chi connectivity index (χ1v) is 29.2. The first-order chi connectivity index (χ1) is 38.6. The summed E-state index contributed by atoms with van der Waals surface area (Å²) in [5, 5.41) is 2.85. The van der Waals surface area contributed by atoms with Gasteiger partial charge in [-0.2, -0.15) is 0 Å². The number of rotatable bonds is 6. The van der Waals surface area contributed by atoms with E-state index in [1.165, 1.54) is 39.5 Å². The normalized spacial score (nSPS) is 14.2. The van der Waals surface area contributed by atoms with Gasteiger partial charge in [0.15, 0.2) is 11.6 Å². The molecule has 8 nitrogen and oxygen atoms in total. The highest BCUT2D eigenvalue weighted by molar-refractivity contribution is 6.32. The molecule has 2 aliphatic heterocycles. The summed E-state index contributed by atoms with van der Waals surface area (Å²) < 4.78 is 0. The molecule has 0 saturated carbocycles. The first kappa shape index (κ1) is 58.0. The molecule has 0 saturated heterocycles. The molecule has 8 heteroatoms. The molecule has 0 unspecified atom stereocenters. The number of carbonyl (C=O) groups excluding carboxylic acids is 3. The number of hydrogen-bond acceptors (Lipinski definition) is 5. The second kappa shape index (κ2) is 20.6. The average Bonchev–Trinajstić information content (AvgIpc) is 2.66. The molecule has 0 spiro atoms. The summed E-state index contributed by atoms with van der Waals surface area (Å²) >= 11 is 0. The molecule has 0 atom stereocenters. The Labute approximate surface area is 491 Å². The lowest BCUT2D eigenvalue weighted by atomic mass is 9.78. The lowest BCUT2D eigenvalue weighted by molar-refractivity contribution is -0.119. The van der Waals surface area contributed by atoms with E-state index in [1.54, 1.807) is 0 Å². The predicted octanol–water partition coefficient (Wildman–Crippen LogP) is 18.7. The van der Waals surface area contributed by atoms with Gasteiger partial charge in [0, 0.05) is 56.1 Å². The molecule has 5 heterocycles. The van der Waals surface area contributed by atoms with E-state index in [-0.39, 0.29) is 38.1 Å². The molecular formula is C75H81N5O3. The maximum Gasteiger partial charge on any atom is 0.259 e. The fraction of sp³-hybridized carbons (Fsp3) is 0.320. The van der Waals surface area contributed by atoms with Gasteiger partial charge < -0.3 is 15.3 Å². The van der Waals surface area contributed by atoms with Crippen LogP contribution in [-0.4, -0.2) is 37.4 Å². The van der Waals surface area contributed by atoms with Crippen LogP contribution in [0.2, 0.25) is 0 Å². The SMILES string of the molecule is CC(C)(C)c1cc(-c2c3nc(c(-c4cc(C(C)(C)C)cc(C(C)(C)C)c4)c4ccc([nH]4)c(-c4cc(C(C)(C)C)cc(C(C)(C)C)c4)c4nc(c(-c5ccc(NC(=O)C6=CC(=O)C=CC6=O)cc5)c5ccc2[nH]5)C=C4)C=C3)cc(C(C)(C)C)c1. The molecule has 3 N–H and O–H groups in total. The zero-order chi connectivity index (χ0) is 60.1. The first-order valence-electron chi connectivity index (χ1n) is 29.2. The summed E-state index contributed by atoms with van der Waals surface area (Å²) in [5.74, 6) is -1.57. The van der Waals surface area contributed by atoms with Crippen molar-refractivity contribution in [2.24, 2.45) is 0 Å². The van der Waals surface area contributed by atoms with Crippen LogP contribution in [0.4, 0.5) is 5.69 Å². The van der Waals surface area contributed by atoms with Gasteiger partial charge >= 0.3 is 0 Å². The molecule has 3 aliphatic rings. The molecule has 8 bridgehead atoms. The lowest BCUT2D eigenvalue weighted by Crippen LogP contribution is -2.22. The summed E-state index contributed by atoms with van der Waals surface area (Å²) in [6.07, 6.45) is 12.0. The summed E-state index contributed by atoms with van der Waals surface area (Å²) in [4.78, 5) is 57.8.